The molecule has 0 saturated heterocycles. The molecule has 1 aliphatic rings. The quantitative estimate of drug-likeness (QED) is 0.0996. The molecule has 0 aliphatic heterocycles. The van der Waals surface area contributed by atoms with Crippen LogP contribution in [0, 0.1) is 13.8 Å². The van der Waals surface area contributed by atoms with Crippen molar-refractivity contribution in [1.82, 2.24) is 10.1 Å². The van der Waals surface area contributed by atoms with E-state index in [1.165, 1.54) is 24.8 Å². The van der Waals surface area contributed by atoms with Gasteiger partial charge in [-0.3, -0.25) is 14.7 Å². The second kappa shape index (κ2) is 13.6. The summed E-state index contributed by atoms with van der Waals surface area (Å²) in [4.78, 5) is 20.1. The Bertz CT molecular complexity index is 1350. The van der Waals surface area contributed by atoms with Gasteiger partial charge in [0.2, 0.25) is 6.41 Å². The Morgan fingerprint density at radius 2 is 2.02 bits per heavy atom. The molecule has 0 atom stereocenters. The third-order valence-electron chi connectivity index (χ3n) is 7.60. The molecule has 1 N–H and O–H groups in total. The molecule has 3 aromatic rings. The van der Waals surface area contributed by atoms with E-state index in [4.69, 9.17) is 25.9 Å². The summed E-state index contributed by atoms with van der Waals surface area (Å²) in [5, 5.41) is 4.70. The third kappa shape index (κ3) is 7.21. The fourth-order valence-electron chi connectivity index (χ4n) is 4.94. The van der Waals surface area contributed by atoms with E-state index < -0.39 is 0 Å². The van der Waals surface area contributed by atoms with Gasteiger partial charge in [-0.25, -0.2) is 0 Å². The predicted molar refractivity (Wildman–Crippen MR) is 164 cm³/mol. The smallest absolute Gasteiger partial charge is 0.215 e. The summed E-state index contributed by atoms with van der Waals surface area (Å²) < 4.78 is 14.1. The van der Waals surface area contributed by atoms with Crippen LogP contribution in [0.1, 0.15) is 75.7 Å². The summed E-state index contributed by atoms with van der Waals surface area (Å²) in [5.41, 5.74) is 3.67. The highest BCUT2D eigenvalue weighted by Crippen LogP contribution is 2.38. The fraction of sp³-hybridized carbons (Fsp3) is 0.452. The number of anilines is 1. The number of ether oxygens (including phenoxy) is 1. The van der Waals surface area contributed by atoms with Gasteiger partial charge < -0.3 is 14.0 Å². The molecule has 4 rings (SSSR count). The Morgan fingerprint density at radius 3 is 2.65 bits per heavy atom. The highest BCUT2D eigenvalue weighted by molar-refractivity contribution is 8.00. The first kappa shape index (κ1) is 30.0. The number of carbonyl (C=O) groups is 1. The second-order valence-corrected chi connectivity index (χ2v) is 11.9. The number of amides is 1. The van der Waals surface area contributed by atoms with E-state index in [-0.39, 0.29) is 5.54 Å². The first-order chi connectivity index (χ1) is 19.3. The van der Waals surface area contributed by atoms with Crippen molar-refractivity contribution in [3.63, 3.8) is 0 Å². The lowest BCUT2D eigenvalue weighted by molar-refractivity contribution is -0.115. The van der Waals surface area contributed by atoms with Crippen LogP contribution in [-0.2, 0) is 11.3 Å². The molecule has 7 nitrogen and oxygen atoms in total. The van der Waals surface area contributed by atoms with Crippen molar-refractivity contribution < 1.29 is 14.1 Å². The van der Waals surface area contributed by atoms with Crippen LogP contribution in [-0.4, -0.2) is 35.0 Å². The van der Waals surface area contributed by atoms with Gasteiger partial charge in [0.25, 0.3) is 0 Å². The molecule has 1 saturated carbocycles. The highest BCUT2D eigenvalue weighted by Gasteiger charge is 2.29. The molecule has 1 amide bonds. The number of carbonyl (C=O) groups excluding carboxylic acids is 1. The molecule has 1 heterocycles. The number of unbranched alkanes of at least 4 members (excludes halogenated alkanes) is 1. The van der Waals surface area contributed by atoms with Gasteiger partial charge in [0.1, 0.15) is 17.3 Å². The summed E-state index contributed by atoms with van der Waals surface area (Å²) >= 11 is 8.30. The van der Waals surface area contributed by atoms with Gasteiger partial charge >= 0.3 is 0 Å². The normalized spacial score (nSPS) is 14.8. The van der Waals surface area contributed by atoms with Gasteiger partial charge in [-0.15, -0.1) is 0 Å². The molecule has 0 radical (unpaired) electrons. The summed E-state index contributed by atoms with van der Waals surface area (Å²) in [6.45, 7) is 8.61. The van der Waals surface area contributed by atoms with Gasteiger partial charge in [0.15, 0.2) is 5.82 Å². The molecule has 1 aromatic heterocycles. The third-order valence-corrected chi connectivity index (χ3v) is 8.82. The maximum Gasteiger partial charge on any atom is 0.215 e. The van der Waals surface area contributed by atoms with Crippen LogP contribution in [0.25, 0.3) is 11.1 Å². The van der Waals surface area contributed by atoms with Crippen LogP contribution < -0.4 is 9.46 Å². The highest BCUT2D eigenvalue weighted by atomic mass is 35.5. The Kier molecular flexibility index (Phi) is 10.2. The van der Waals surface area contributed by atoms with E-state index in [1.54, 1.807) is 12.0 Å². The molecular weight excluding hydrogens is 544 g/mol. The fourth-order valence-corrected chi connectivity index (χ4v) is 6.00. The number of benzene rings is 2. The van der Waals surface area contributed by atoms with Crippen LogP contribution in [0.4, 0.5) is 5.82 Å². The monoisotopic (exact) mass is 582 g/mol. The van der Waals surface area contributed by atoms with Crippen LogP contribution >= 0.6 is 23.5 Å². The number of aliphatic imine (C=N–C) groups is 1. The molecule has 2 aromatic carbocycles. The van der Waals surface area contributed by atoms with Crippen molar-refractivity contribution in [3.8, 4) is 16.9 Å². The van der Waals surface area contributed by atoms with E-state index in [1.807, 2.05) is 50.2 Å². The van der Waals surface area contributed by atoms with Crippen LogP contribution in [0.15, 0.2) is 50.8 Å². The topological polar surface area (TPSA) is 80.0 Å². The van der Waals surface area contributed by atoms with Gasteiger partial charge in [-0.1, -0.05) is 55.1 Å². The van der Waals surface area contributed by atoms with E-state index in [9.17, 15) is 4.79 Å². The van der Waals surface area contributed by atoms with Crippen LogP contribution in [0.2, 0.25) is 5.02 Å². The van der Waals surface area contributed by atoms with Gasteiger partial charge in [-0.2, -0.15) is 0 Å². The van der Waals surface area contributed by atoms with E-state index in [2.05, 4.69) is 23.7 Å². The second-order valence-electron chi connectivity index (χ2n) is 10.7. The number of aromatic nitrogens is 1. The SMILES string of the molecule is CCCCC(=NC1(C)CCCC1)N(C=O)Cc1ccc(-c2cc(OC)ccc2SNc2noc(C)c2C)cc1Cl. The molecular formula is C31H39ClN4O3S. The Balaban J connectivity index is 1.59. The maximum atomic E-state index is 12.3. The number of aryl methyl sites for hydroxylation is 1. The number of rotatable bonds is 12. The van der Waals surface area contributed by atoms with Gasteiger partial charge in [0, 0.05) is 27.5 Å². The lowest BCUT2D eigenvalue weighted by Gasteiger charge is -2.26. The number of nitrogens with zero attached hydrogens (tertiary/aromatic N) is 3. The van der Waals surface area contributed by atoms with Crippen LogP contribution in [0.5, 0.6) is 5.75 Å². The first-order valence-electron chi connectivity index (χ1n) is 13.9. The molecule has 0 bridgehead atoms. The Hall–Kier alpha value is -2.97. The zero-order valence-electron chi connectivity index (χ0n) is 24.1. The number of hydrogen-bond donors (Lipinski definition) is 1. The molecule has 40 heavy (non-hydrogen) atoms. The molecule has 9 heteroatoms. The number of nitrogens with one attached hydrogen (secondary N) is 1. The minimum Gasteiger partial charge on any atom is -0.497 e. The van der Waals surface area contributed by atoms with Gasteiger partial charge in [-0.05, 0) is 87.4 Å². The summed E-state index contributed by atoms with van der Waals surface area (Å²) in [6, 6.07) is 11.9. The zero-order chi connectivity index (χ0) is 28.7. The van der Waals surface area contributed by atoms with E-state index >= 15 is 0 Å². The summed E-state index contributed by atoms with van der Waals surface area (Å²) in [7, 11) is 1.65. The van der Waals surface area contributed by atoms with Crippen molar-refractivity contribution in [1.29, 1.82) is 0 Å². The molecule has 0 spiro atoms. The minimum absolute atomic E-state index is 0.0876. The van der Waals surface area contributed by atoms with E-state index in [0.29, 0.717) is 17.4 Å². The minimum atomic E-state index is -0.0876. The molecule has 214 valence electrons. The lowest BCUT2D eigenvalue weighted by atomic mass is 10.0. The maximum absolute atomic E-state index is 12.3. The Labute approximate surface area is 246 Å². The zero-order valence-corrected chi connectivity index (χ0v) is 25.6. The standard InChI is InChI=1S/C31H39ClN4O3S/c1-6-7-10-29(33-31(4)15-8-9-16-31)36(20-37)19-24-12-11-23(17-27(24)32)26-18-25(38-5)13-14-28(26)40-35-30-21(2)22(3)39-34-30/h11-14,17-18,20H,6-10,15-16,19H2,1-5H3,(H,34,35). The van der Waals surface area contributed by atoms with Crippen LogP contribution in [0.3, 0.4) is 0 Å². The molecule has 1 aliphatic carbocycles. The average Bonchev–Trinajstić information content (AvgIpc) is 3.53. The number of halogens is 1. The lowest BCUT2D eigenvalue weighted by Crippen LogP contribution is -2.33. The number of methoxy groups -OCH3 is 1. The van der Waals surface area contributed by atoms with Crippen molar-refractivity contribution in [2.75, 3.05) is 11.8 Å². The van der Waals surface area contributed by atoms with Crippen molar-refractivity contribution in [3.05, 3.63) is 58.3 Å². The summed E-state index contributed by atoms with van der Waals surface area (Å²) in [6.07, 6.45) is 8.22. The largest absolute Gasteiger partial charge is 0.497 e. The number of amidine groups is 1. The Morgan fingerprint density at radius 1 is 1.25 bits per heavy atom. The van der Waals surface area contributed by atoms with Crippen molar-refractivity contribution >= 4 is 41.6 Å². The summed E-state index contributed by atoms with van der Waals surface area (Å²) in [5.74, 6) is 3.08. The predicted octanol–water partition coefficient (Wildman–Crippen LogP) is 8.62. The molecule has 1 fully saturated rings. The number of hydrogen-bond acceptors (Lipinski definition) is 7. The molecule has 0 unspecified atom stereocenters. The van der Waals surface area contributed by atoms with E-state index in [0.717, 1.165) is 83.0 Å². The first-order valence-corrected chi connectivity index (χ1v) is 15.1. The van der Waals surface area contributed by atoms with Gasteiger partial charge in [0.05, 0.1) is 19.2 Å². The van der Waals surface area contributed by atoms with Crippen molar-refractivity contribution in [2.24, 2.45) is 4.99 Å². The van der Waals surface area contributed by atoms with Crippen molar-refractivity contribution in [2.45, 2.75) is 89.6 Å². The average molecular weight is 583 g/mol.